The number of phenolic OH excluding ortho intramolecular Hbond substituents is 1. The minimum atomic E-state index is -4.19. The van der Waals surface area contributed by atoms with Gasteiger partial charge in [-0.15, -0.1) is 0 Å². The third-order valence-corrected chi connectivity index (χ3v) is 5.94. The predicted molar refractivity (Wildman–Crippen MR) is 129 cm³/mol. The number of aromatic hydroxyl groups is 1. The fourth-order valence-electron chi connectivity index (χ4n) is 4.25. The molecule has 0 saturated carbocycles. The molecule has 0 spiro atoms. The number of phenols is 1. The van der Waals surface area contributed by atoms with Gasteiger partial charge in [-0.05, 0) is 84.6 Å². The van der Waals surface area contributed by atoms with Crippen LogP contribution in [0.2, 0.25) is 0 Å². The molecule has 1 heterocycles. The molecule has 0 aliphatic heterocycles. The second-order valence-electron chi connectivity index (χ2n) is 8.35. The molecule has 0 saturated heterocycles. The number of nitrogens with one attached hydrogen (secondary N) is 1. The normalized spacial score (nSPS) is 11.8. The maximum Gasteiger partial charge on any atom is 0.401 e. The van der Waals surface area contributed by atoms with E-state index in [1.54, 1.807) is 19.2 Å². The molecule has 0 atom stereocenters. The van der Waals surface area contributed by atoms with Crippen molar-refractivity contribution in [2.24, 2.45) is 0 Å². The van der Waals surface area contributed by atoms with Gasteiger partial charge in [0, 0.05) is 17.4 Å². The molecule has 7 heteroatoms. The van der Waals surface area contributed by atoms with Crippen molar-refractivity contribution in [1.29, 1.82) is 0 Å². The number of nitrogens with zero attached hydrogens (tertiary/aromatic N) is 1. The number of fused-ring (bicyclic) bond motifs is 1. The number of methoxy groups -OCH3 is 1. The average Bonchev–Trinajstić information content (AvgIpc) is 3.08. The van der Waals surface area contributed by atoms with Gasteiger partial charge < -0.3 is 19.7 Å². The molecule has 34 heavy (non-hydrogen) atoms. The highest BCUT2D eigenvalue weighted by atomic mass is 19.4. The van der Waals surface area contributed by atoms with Crippen LogP contribution in [-0.2, 0) is 13.0 Å². The Hall–Kier alpha value is -3.45. The number of aromatic nitrogens is 1. The summed E-state index contributed by atoms with van der Waals surface area (Å²) in [5.41, 5.74) is 6.24. The average molecular weight is 469 g/mol. The van der Waals surface area contributed by atoms with E-state index < -0.39 is 12.7 Å². The van der Waals surface area contributed by atoms with Crippen molar-refractivity contribution in [2.75, 3.05) is 20.2 Å². The number of halogens is 3. The molecule has 3 aromatic carbocycles. The van der Waals surface area contributed by atoms with Crippen LogP contribution >= 0.6 is 0 Å². The van der Waals surface area contributed by atoms with Crippen molar-refractivity contribution >= 4 is 10.9 Å². The molecule has 0 radical (unpaired) electrons. The second kappa shape index (κ2) is 9.81. The van der Waals surface area contributed by atoms with Gasteiger partial charge in [-0.3, -0.25) is 0 Å². The highest BCUT2D eigenvalue weighted by molar-refractivity contribution is 5.92. The predicted octanol–water partition coefficient (Wildman–Crippen LogP) is 6.07. The number of hydrogen-bond acceptors (Lipinski definition) is 3. The van der Waals surface area contributed by atoms with Crippen LogP contribution in [0, 0.1) is 6.92 Å². The summed E-state index contributed by atoms with van der Waals surface area (Å²) in [6, 6.07) is 21.2. The van der Waals surface area contributed by atoms with Gasteiger partial charge in [-0.25, -0.2) is 0 Å². The first-order valence-electron chi connectivity index (χ1n) is 11.1. The fraction of sp³-hybridized carbons (Fsp3) is 0.259. The lowest BCUT2D eigenvalue weighted by Crippen LogP contribution is -2.30. The summed E-state index contributed by atoms with van der Waals surface area (Å²) in [4.78, 5) is 0. The Morgan fingerprint density at radius 1 is 0.941 bits per heavy atom. The van der Waals surface area contributed by atoms with Crippen LogP contribution in [-0.4, -0.2) is 36.0 Å². The lowest BCUT2D eigenvalue weighted by atomic mass is 10.1. The van der Waals surface area contributed by atoms with Crippen LogP contribution in [0.4, 0.5) is 13.2 Å². The monoisotopic (exact) mass is 468 g/mol. The topological polar surface area (TPSA) is 46.4 Å². The van der Waals surface area contributed by atoms with Gasteiger partial charge in [0.1, 0.15) is 11.5 Å². The van der Waals surface area contributed by atoms with Crippen LogP contribution in [0.3, 0.4) is 0 Å². The molecular formula is C27H27F3N2O2. The Bertz CT molecular complexity index is 1260. The Kier molecular flexibility index (Phi) is 6.84. The zero-order valence-electron chi connectivity index (χ0n) is 19.1. The molecule has 0 aliphatic carbocycles. The van der Waals surface area contributed by atoms with E-state index in [1.165, 1.54) is 0 Å². The zero-order chi connectivity index (χ0) is 24.3. The molecule has 0 aliphatic rings. The summed E-state index contributed by atoms with van der Waals surface area (Å²) in [7, 11) is 1.63. The van der Waals surface area contributed by atoms with Crippen LogP contribution in [0.5, 0.6) is 11.5 Å². The summed E-state index contributed by atoms with van der Waals surface area (Å²) in [6.45, 7) is 1.96. The highest BCUT2D eigenvalue weighted by Gasteiger charge is 2.25. The van der Waals surface area contributed by atoms with Crippen LogP contribution in [0.1, 0.15) is 16.7 Å². The number of rotatable bonds is 8. The molecule has 2 N–H and O–H groups in total. The van der Waals surface area contributed by atoms with E-state index in [-0.39, 0.29) is 12.3 Å². The van der Waals surface area contributed by atoms with E-state index in [0.717, 1.165) is 44.6 Å². The molecule has 0 fully saturated rings. The third kappa shape index (κ3) is 5.37. The minimum absolute atomic E-state index is 0.220. The molecular weight excluding hydrogens is 441 g/mol. The molecule has 4 rings (SSSR count). The van der Waals surface area contributed by atoms with Crippen molar-refractivity contribution in [3.05, 3.63) is 83.4 Å². The molecule has 0 bridgehead atoms. The van der Waals surface area contributed by atoms with E-state index in [4.69, 9.17) is 4.74 Å². The summed E-state index contributed by atoms with van der Waals surface area (Å²) >= 11 is 0. The Labute approximate surface area is 196 Å². The first-order valence-corrected chi connectivity index (χ1v) is 11.1. The Morgan fingerprint density at radius 3 is 2.26 bits per heavy atom. The van der Waals surface area contributed by atoms with E-state index >= 15 is 0 Å². The molecule has 4 aromatic rings. The van der Waals surface area contributed by atoms with Gasteiger partial charge in [-0.1, -0.05) is 24.3 Å². The number of benzene rings is 3. The van der Waals surface area contributed by atoms with Gasteiger partial charge >= 0.3 is 6.18 Å². The Morgan fingerprint density at radius 2 is 1.62 bits per heavy atom. The smallest absolute Gasteiger partial charge is 0.401 e. The number of ether oxygens (including phenoxy) is 1. The summed E-state index contributed by atoms with van der Waals surface area (Å²) < 4.78 is 44.4. The summed E-state index contributed by atoms with van der Waals surface area (Å²) in [5.74, 6) is 1.000. The van der Waals surface area contributed by atoms with Crippen molar-refractivity contribution in [2.45, 2.75) is 26.1 Å². The largest absolute Gasteiger partial charge is 0.508 e. The van der Waals surface area contributed by atoms with Crippen LogP contribution < -0.4 is 10.1 Å². The number of alkyl halides is 3. The van der Waals surface area contributed by atoms with Crippen molar-refractivity contribution < 1.29 is 23.0 Å². The highest BCUT2D eigenvalue weighted by Crippen LogP contribution is 2.36. The quantitative estimate of drug-likeness (QED) is 0.309. The summed E-state index contributed by atoms with van der Waals surface area (Å²) in [6.07, 6.45) is -3.67. The number of aryl methyl sites for hydroxylation is 1. The van der Waals surface area contributed by atoms with Crippen molar-refractivity contribution in [3.63, 3.8) is 0 Å². The van der Waals surface area contributed by atoms with Gasteiger partial charge in [0.2, 0.25) is 0 Å². The maximum absolute atomic E-state index is 12.3. The Balaban J connectivity index is 1.61. The molecule has 0 unspecified atom stereocenters. The second-order valence-corrected chi connectivity index (χ2v) is 8.35. The first-order chi connectivity index (χ1) is 16.2. The van der Waals surface area contributed by atoms with Crippen LogP contribution in [0.25, 0.3) is 22.2 Å². The lowest BCUT2D eigenvalue weighted by Gasteiger charge is -2.13. The van der Waals surface area contributed by atoms with Crippen molar-refractivity contribution in [3.8, 4) is 22.8 Å². The SMILES string of the molecule is COc1ccc(-c2c(C)c3cc(O)ccc3n2Cc2ccc(CCNCC(F)(F)F)cc2)cc1. The lowest BCUT2D eigenvalue weighted by molar-refractivity contribution is -0.124. The molecule has 1 aromatic heterocycles. The fourth-order valence-corrected chi connectivity index (χ4v) is 4.25. The number of hydrogen-bond donors (Lipinski definition) is 2. The first kappa shape index (κ1) is 23.7. The van der Waals surface area contributed by atoms with E-state index in [9.17, 15) is 18.3 Å². The standard InChI is InChI=1S/C27H27F3N2O2/c1-18-24-15-22(33)9-12-25(24)32(26(18)21-7-10-23(34-2)11-8-21)16-20-5-3-19(4-6-20)13-14-31-17-27(28,29)30/h3-12,15,31,33H,13-14,16-17H2,1-2H3. The summed E-state index contributed by atoms with van der Waals surface area (Å²) in [5, 5.41) is 13.5. The van der Waals surface area contributed by atoms with E-state index in [2.05, 4.69) is 16.8 Å². The van der Waals surface area contributed by atoms with Gasteiger partial charge in [0.25, 0.3) is 0 Å². The zero-order valence-corrected chi connectivity index (χ0v) is 19.1. The van der Waals surface area contributed by atoms with E-state index in [0.29, 0.717) is 13.0 Å². The van der Waals surface area contributed by atoms with Gasteiger partial charge in [0.15, 0.2) is 0 Å². The van der Waals surface area contributed by atoms with Gasteiger partial charge in [-0.2, -0.15) is 13.2 Å². The van der Waals surface area contributed by atoms with Crippen molar-refractivity contribution in [1.82, 2.24) is 9.88 Å². The third-order valence-electron chi connectivity index (χ3n) is 5.94. The van der Waals surface area contributed by atoms with Gasteiger partial charge in [0.05, 0.1) is 19.3 Å². The van der Waals surface area contributed by atoms with E-state index in [1.807, 2.05) is 54.6 Å². The minimum Gasteiger partial charge on any atom is -0.508 e. The maximum atomic E-state index is 12.3. The molecule has 178 valence electrons. The van der Waals surface area contributed by atoms with Crippen LogP contribution in [0.15, 0.2) is 66.7 Å². The molecule has 0 amide bonds. The molecule has 4 nitrogen and oxygen atoms in total.